The van der Waals surface area contributed by atoms with E-state index in [1.54, 1.807) is 4.90 Å². The van der Waals surface area contributed by atoms with E-state index in [4.69, 9.17) is 9.47 Å². The van der Waals surface area contributed by atoms with Crippen molar-refractivity contribution in [1.29, 1.82) is 0 Å². The number of aryl methyl sites for hydroxylation is 1. The monoisotopic (exact) mass is 278 g/mol. The number of quaternary nitrogens is 1. The lowest BCUT2D eigenvalue weighted by molar-refractivity contribution is -0.899. The average molecular weight is 278 g/mol. The first-order chi connectivity index (χ1) is 9.84. The minimum atomic E-state index is 0.638. The van der Waals surface area contributed by atoms with Gasteiger partial charge in [-0.25, -0.2) is 0 Å². The number of rotatable bonds is 7. The lowest BCUT2D eigenvalue weighted by atomic mass is 10.2. The Bertz CT molecular complexity index is 373. The Morgan fingerprint density at radius 1 is 1.00 bits per heavy atom. The van der Waals surface area contributed by atoms with Crippen LogP contribution in [-0.2, 0) is 4.74 Å². The van der Waals surface area contributed by atoms with Crippen molar-refractivity contribution < 1.29 is 14.4 Å². The molecule has 1 aromatic carbocycles. The van der Waals surface area contributed by atoms with E-state index in [9.17, 15) is 0 Å². The highest BCUT2D eigenvalue weighted by Crippen LogP contribution is 2.11. The first-order valence-corrected chi connectivity index (χ1v) is 7.95. The first kappa shape index (κ1) is 15.3. The molecule has 0 spiro atoms. The predicted octanol–water partition coefficient (Wildman–Crippen LogP) is 1.85. The molecule has 1 saturated heterocycles. The Balaban J connectivity index is 1.51. The molecule has 112 valence electrons. The molecule has 20 heavy (non-hydrogen) atoms. The predicted molar refractivity (Wildman–Crippen MR) is 81.5 cm³/mol. The van der Waals surface area contributed by atoms with Gasteiger partial charge in [0.25, 0.3) is 0 Å². The molecule has 0 bridgehead atoms. The maximum Gasteiger partial charge on any atom is 0.119 e. The standard InChI is InChI=1S/C17H27NO2/c1-16-7-6-8-17(15-16)20-14-13-19-12-11-18-9-4-2-3-5-10-18/h6-8,15H,2-5,9-14H2,1H3/p+1. The lowest BCUT2D eigenvalue weighted by Gasteiger charge is -2.16. The van der Waals surface area contributed by atoms with Crippen molar-refractivity contribution in [3.05, 3.63) is 29.8 Å². The maximum atomic E-state index is 5.68. The fourth-order valence-corrected chi connectivity index (χ4v) is 2.72. The molecule has 1 aliphatic heterocycles. The summed E-state index contributed by atoms with van der Waals surface area (Å²) in [7, 11) is 0. The molecule has 0 aliphatic carbocycles. The van der Waals surface area contributed by atoms with Gasteiger partial charge in [-0.3, -0.25) is 0 Å². The van der Waals surface area contributed by atoms with Crippen LogP contribution in [0.3, 0.4) is 0 Å². The van der Waals surface area contributed by atoms with Crippen molar-refractivity contribution in [3.63, 3.8) is 0 Å². The second-order valence-corrected chi connectivity index (χ2v) is 5.69. The van der Waals surface area contributed by atoms with Gasteiger partial charge in [-0.05, 0) is 50.3 Å². The summed E-state index contributed by atoms with van der Waals surface area (Å²) < 4.78 is 11.4. The summed E-state index contributed by atoms with van der Waals surface area (Å²) in [6.07, 6.45) is 5.58. The molecule has 1 fully saturated rings. The molecule has 2 rings (SSSR count). The van der Waals surface area contributed by atoms with E-state index in [-0.39, 0.29) is 0 Å². The summed E-state index contributed by atoms with van der Waals surface area (Å²) in [6.45, 7) is 8.04. The van der Waals surface area contributed by atoms with E-state index in [1.165, 1.54) is 44.3 Å². The van der Waals surface area contributed by atoms with Gasteiger partial charge in [-0.1, -0.05) is 12.1 Å². The van der Waals surface area contributed by atoms with Crippen LogP contribution in [0.2, 0.25) is 0 Å². The van der Waals surface area contributed by atoms with Gasteiger partial charge in [-0.2, -0.15) is 0 Å². The zero-order valence-corrected chi connectivity index (χ0v) is 12.7. The van der Waals surface area contributed by atoms with E-state index in [0.29, 0.717) is 13.2 Å². The molecule has 0 amide bonds. The van der Waals surface area contributed by atoms with Gasteiger partial charge in [0.1, 0.15) is 18.9 Å². The third-order valence-electron chi connectivity index (χ3n) is 3.90. The Hall–Kier alpha value is -1.06. The van der Waals surface area contributed by atoms with Crippen molar-refractivity contribution >= 4 is 0 Å². The van der Waals surface area contributed by atoms with Crippen LogP contribution < -0.4 is 9.64 Å². The Labute approximate surface area is 122 Å². The molecule has 0 aromatic heterocycles. The maximum absolute atomic E-state index is 5.68. The highest BCUT2D eigenvalue weighted by Gasteiger charge is 2.11. The van der Waals surface area contributed by atoms with Crippen molar-refractivity contribution in [2.75, 3.05) is 39.5 Å². The Morgan fingerprint density at radius 2 is 1.80 bits per heavy atom. The fourth-order valence-electron chi connectivity index (χ4n) is 2.72. The molecular weight excluding hydrogens is 250 g/mol. The van der Waals surface area contributed by atoms with E-state index in [0.717, 1.165) is 18.9 Å². The number of nitrogens with one attached hydrogen (secondary N) is 1. The van der Waals surface area contributed by atoms with Crippen LogP contribution in [-0.4, -0.2) is 39.5 Å². The van der Waals surface area contributed by atoms with Crippen molar-refractivity contribution in [2.45, 2.75) is 32.6 Å². The highest BCUT2D eigenvalue weighted by molar-refractivity contribution is 5.27. The van der Waals surface area contributed by atoms with Crippen LogP contribution in [0, 0.1) is 6.92 Å². The quantitative estimate of drug-likeness (QED) is 0.769. The normalized spacial score (nSPS) is 16.9. The second-order valence-electron chi connectivity index (χ2n) is 5.69. The first-order valence-electron chi connectivity index (χ1n) is 7.95. The van der Waals surface area contributed by atoms with Crippen LogP contribution in [0.25, 0.3) is 0 Å². The Kier molecular flexibility index (Phi) is 6.89. The zero-order valence-electron chi connectivity index (χ0n) is 12.7. The van der Waals surface area contributed by atoms with Gasteiger partial charge < -0.3 is 14.4 Å². The van der Waals surface area contributed by atoms with Crippen molar-refractivity contribution in [2.24, 2.45) is 0 Å². The number of hydrogen-bond acceptors (Lipinski definition) is 2. The molecule has 0 atom stereocenters. The minimum absolute atomic E-state index is 0.638. The molecule has 3 heteroatoms. The number of hydrogen-bond donors (Lipinski definition) is 1. The molecule has 1 aromatic rings. The molecule has 0 radical (unpaired) electrons. The number of ether oxygens (including phenoxy) is 2. The summed E-state index contributed by atoms with van der Waals surface area (Å²) in [4.78, 5) is 1.71. The number of likely N-dealkylation sites (tertiary alicyclic amines) is 1. The number of benzene rings is 1. The topological polar surface area (TPSA) is 22.9 Å². The zero-order chi connectivity index (χ0) is 14.0. The van der Waals surface area contributed by atoms with E-state index < -0.39 is 0 Å². The largest absolute Gasteiger partial charge is 0.491 e. The second kappa shape index (κ2) is 8.98. The van der Waals surface area contributed by atoms with Gasteiger partial charge in [0, 0.05) is 0 Å². The third-order valence-corrected chi connectivity index (χ3v) is 3.90. The summed E-state index contributed by atoms with van der Waals surface area (Å²) in [5.41, 5.74) is 1.23. The summed E-state index contributed by atoms with van der Waals surface area (Å²) in [5.74, 6) is 0.937. The molecular formula is C17H28NO2+. The van der Waals surface area contributed by atoms with E-state index >= 15 is 0 Å². The van der Waals surface area contributed by atoms with Crippen LogP contribution in [0.15, 0.2) is 24.3 Å². The van der Waals surface area contributed by atoms with Crippen LogP contribution in [0.1, 0.15) is 31.2 Å². The molecule has 1 heterocycles. The van der Waals surface area contributed by atoms with E-state index in [2.05, 4.69) is 19.1 Å². The molecule has 0 unspecified atom stereocenters. The molecule has 1 N–H and O–H groups in total. The minimum Gasteiger partial charge on any atom is -0.491 e. The molecule has 0 saturated carbocycles. The molecule has 1 aliphatic rings. The smallest absolute Gasteiger partial charge is 0.119 e. The van der Waals surface area contributed by atoms with Gasteiger partial charge in [0.2, 0.25) is 0 Å². The van der Waals surface area contributed by atoms with Crippen LogP contribution >= 0.6 is 0 Å². The van der Waals surface area contributed by atoms with Gasteiger partial charge in [-0.15, -0.1) is 0 Å². The van der Waals surface area contributed by atoms with Gasteiger partial charge in [0.15, 0.2) is 0 Å². The van der Waals surface area contributed by atoms with Crippen LogP contribution in [0.4, 0.5) is 0 Å². The van der Waals surface area contributed by atoms with Crippen molar-refractivity contribution in [1.82, 2.24) is 0 Å². The summed E-state index contributed by atoms with van der Waals surface area (Å²) in [5, 5.41) is 0. The molecule has 3 nitrogen and oxygen atoms in total. The fraction of sp³-hybridized carbons (Fsp3) is 0.647. The third kappa shape index (κ3) is 5.93. The summed E-state index contributed by atoms with van der Waals surface area (Å²) >= 11 is 0. The van der Waals surface area contributed by atoms with Gasteiger partial charge in [0.05, 0.1) is 26.3 Å². The van der Waals surface area contributed by atoms with E-state index in [1.807, 2.05) is 12.1 Å². The Morgan fingerprint density at radius 3 is 2.55 bits per heavy atom. The highest BCUT2D eigenvalue weighted by atomic mass is 16.5. The van der Waals surface area contributed by atoms with Crippen molar-refractivity contribution in [3.8, 4) is 5.75 Å². The SMILES string of the molecule is Cc1cccc(OCCOCC[NH+]2CCCCCC2)c1. The van der Waals surface area contributed by atoms with Crippen LogP contribution in [0.5, 0.6) is 5.75 Å². The lowest BCUT2D eigenvalue weighted by Crippen LogP contribution is -3.12. The van der Waals surface area contributed by atoms with Gasteiger partial charge >= 0.3 is 0 Å². The average Bonchev–Trinajstić information content (AvgIpc) is 2.71. The summed E-state index contributed by atoms with van der Waals surface area (Å²) in [6, 6.07) is 8.15.